The molecule has 0 aliphatic rings. The lowest BCUT2D eigenvalue weighted by Gasteiger charge is -2.22. The van der Waals surface area contributed by atoms with Crippen molar-refractivity contribution in [2.75, 3.05) is 78.7 Å². The summed E-state index contributed by atoms with van der Waals surface area (Å²) in [7, 11) is 0. The van der Waals surface area contributed by atoms with E-state index in [1.165, 1.54) is 212 Å². The molecule has 0 aromatic rings. The predicted molar refractivity (Wildman–Crippen MR) is 313 cm³/mol. The zero-order valence-corrected chi connectivity index (χ0v) is 49.2. The van der Waals surface area contributed by atoms with E-state index in [9.17, 15) is 14.4 Å². The smallest absolute Gasteiger partial charge is 0.305 e. The van der Waals surface area contributed by atoms with Crippen molar-refractivity contribution in [2.45, 2.75) is 310 Å². The van der Waals surface area contributed by atoms with Gasteiger partial charge in [0, 0.05) is 58.5 Å². The fraction of sp³-hybridized carbons (Fsp3) is 0.952. The molecular formula is C63H126N4O6. The molecule has 0 saturated carbocycles. The molecule has 0 amide bonds. The van der Waals surface area contributed by atoms with E-state index in [0.717, 1.165) is 117 Å². The highest BCUT2D eigenvalue weighted by Crippen LogP contribution is 2.16. The third kappa shape index (κ3) is 61.0. The van der Waals surface area contributed by atoms with Crippen LogP contribution in [0.4, 0.5) is 0 Å². The maximum absolute atomic E-state index is 12.6. The van der Waals surface area contributed by atoms with Gasteiger partial charge in [0.2, 0.25) is 0 Å². The van der Waals surface area contributed by atoms with Crippen LogP contribution >= 0.6 is 0 Å². The summed E-state index contributed by atoms with van der Waals surface area (Å²) in [6, 6.07) is 0. The van der Waals surface area contributed by atoms with Gasteiger partial charge in [-0.15, -0.1) is 0 Å². The van der Waals surface area contributed by atoms with Gasteiger partial charge in [0.25, 0.3) is 0 Å². The first-order valence-electron chi connectivity index (χ1n) is 32.3. The molecule has 10 nitrogen and oxygen atoms in total. The van der Waals surface area contributed by atoms with Crippen LogP contribution in [0.3, 0.4) is 0 Å². The molecule has 0 radical (unpaired) electrons. The number of nitrogens with one attached hydrogen (secondary N) is 3. The maximum atomic E-state index is 12.6. The van der Waals surface area contributed by atoms with E-state index >= 15 is 0 Å². The van der Waals surface area contributed by atoms with Crippen LogP contribution in [0, 0.1) is 0 Å². The Morgan fingerprint density at radius 2 is 0.493 bits per heavy atom. The molecule has 3 N–H and O–H groups in total. The molecule has 434 valence electrons. The van der Waals surface area contributed by atoms with E-state index in [1.807, 2.05) is 0 Å². The zero-order chi connectivity index (χ0) is 52.9. The van der Waals surface area contributed by atoms with E-state index in [4.69, 9.17) is 14.2 Å². The summed E-state index contributed by atoms with van der Waals surface area (Å²) in [4.78, 5) is 39.7. The monoisotopic (exact) mass is 1030 g/mol. The molecule has 0 bridgehead atoms. The Morgan fingerprint density at radius 3 is 0.781 bits per heavy atom. The minimum atomic E-state index is -0.0905. The molecule has 0 atom stereocenters. The Hall–Kier alpha value is -1.75. The van der Waals surface area contributed by atoms with Gasteiger partial charge in [-0.3, -0.25) is 14.4 Å². The Kier molecular flexibility index (Phi) is 61.3. The largest absolute Gasteiger partial charge is 0.466 e. The summed E-state index contributed by atoms with van der Waals surface area (Å²) < 4.78 is 16.7. The molecule has 0 rings (SSSR count). The van der Waals surface area contributed by atoms with Gasteiger partial charge < -0.3 is 35.1 Å². The van der Waals surface area contributed by atoms with Crippen LogP contribution in [-0.4, -0.2) is 102 Å². The fourth-order valence-electron chi connectivity index (χ4n) is 9.69. The molecule has 0 aliphatic heterocycles. The van der Waals surface area contributed by atoms with Crippen LogP contribution in [-0.2, 0) is 28.6 Å². The van der Waals surface area contributed by atoms with Crippen LogP contribution in [0.2, 0.25) is 0 Å². The summed E-state index contributed by atoms with van der Waals surface area (Å²) in [6.45, 7) is 16.1. The lowest BCUT2D eigenvalue weighted by molar-refractivity contribution is -0.144. The van der Waals surface area contributed by atoms with E-state index in [0.29, 0.717) is 39.1 Å². The van der Waals surface area contributed by atoms with Crippen molar-refractivity contribution >= 4 is 17.9 Å². The topological polar surface area (TPSA) is 118 Å². The number of carbonyl (C=O) groups is 3. The molecule has 0 aromatic heterocycles. The van der Waals surface area contributed by atoms with Gasteiger partial charge >= 0.3 is 17.9 Å². The highest BCUT2D eigenvalue weighted by molar-refractivity contribution is 5.70. The van der Waals surface area contributed by atoms with Crippen molar-refractivity contribution in [3.63, 3.8) is 0 Å². The highest BCUT2D eigenvalue weighted by atomic mass is 16.5. The first-order valence-corrected chi connectivity index (χ1v) is 32.3. The Balaban J connectivity index is 4.16. The molecule has 10 heteroatoms. The zero-order valence-electron chi connectivity index (χ0n) is 49.2. The van der Waals surface area contributed by atoms with Crippen molar-refractivity contribution in [1.82, 2.24) is 20.9 Å². The van der Waals surface area contributed by atoms with Crippen molar-refractivity contribution in [2.24, 2.45) is 0 Å². The Morgan fingerprint density at radius 1 is 0.260 bits per heavy atom. The first kappa shape index (κ1) is 71.2. The number of hydrogen-bond donors (Lipinski definition) is 3. The summed E-state index contributed by atoms with van der Waals surface area (Å²) in [6.07, 6.45) is 54.8. The number of carbonyl (C=O) groups excluding carboxylic acids is 3. The maximum Gasteiger partial charge on any atom is 0.305 e. The predicted octanol–water partition coefficient (Wildman–Crippen LogP) is 16.3. The van der Waals surface area contributed by atoms with E-state index < -0.39 is 0 Å². The van der Waals surface area contributed by atoms with Gasteiger partial charge in [-0.2, -0.15) is 0 Å². The quantitative estimate of drug-likeness (QED) is 0.0309. The van der Waals surface area contributed by atoms with Gasteiger partial charge in [-0.05, 0) is 58.2 Å². The van der Waals surface area contributed by atoms with Crippen LogP contribution < -0.4 is 16.0 Å². The minimum absolute atomic E-state index is 0.0701. The second-order valence-corrected chi connectivity index (χ2v) is 21.8. The van der Waals surface area contributed by atoms with E-state index in [2.05, 4.69) is 41.6 Å². The summed E-state index contributed by atoms with van der Waals surface area (Å²) in [5.41, 5.74) is 0. The lowest BCUT2D eigenvalue weighted by Crippen LogP contribution is -2.37. The molecule has 0 fully saturated rings. The Labute approximate surface area is 454 Å². The molecule has 73 heavy (non-hydrogen) atoms. The normalized spacial score (nSPS) is 11.5. The van der Waals surface area contributed by atoms with Crippen molar-refractivity contribution in [3.8, 4) is 0 Å². The van der Waals surface area contributed by atoms with E-state index in [-0.39, 0.29) is 17.9 Å². The highest BCUT2D eigenvalue weighted by Gasteiger charge is 2.11. The van der Waals surface area contributed by atoms with Gasteiger partial charge in [0.05, 0.1) is 19.8 Å². The number of nitrogens with zero attached hydrogens (tertiary/aromatic N) is 1. The second kappa shape index (κ2) is 62.8. The molecular weight excluding hydrogens is 909 g/mol. The molecule has 0 saturated heterocycles. The van der Waals surface area contributed by atoms with Crippen LogP contribution in [0.25, 0.3) is 0 Å². The lowest BCUT2D eigenvalue weighted by atomic mass is 10.0. The molecule has 0 unspecified atom stereocenters. The average Bonchev–Trinajstić information content (AvgIpc) is 3.39. The second-order valence-electron chi connectivity index (χ2n) is 21.8. The molecule has 0 spiro atoms. The van der Waals surface area contributed by atoms with Crippen molar-refractivity contribution in [3.05, 3.63) is 0 Å². The SMILES string of the molecule is CCCCCCCCCCCCCCCOC(=O)CCCNCCNCCNCCN(CCCC(=O)OCCCCCCCCCCCCCCC)CCCC(=O)OCCCCCCCCCCCCCCC. The molecule has 0 aromatic carbocycles. The van der Waals surface area contributed by atoms with E-state index in [1.54, 1.807) is 0 Å². The van der Waals surface area contributed by atoms with Crippen molar-refractivity contribution < 1.29 is 28.6 Å². The van der Waals surface area contributed by atoms with Gasteiger partial charge in [0.15, 0.2) is 0 Å². The summed E-state index contributed by atoms with van der Waals surface area (Å²) in [5.74, 6) is -0.251. The Bertz CT molecular complexity index is 1060. The number of ether oxygens (including phenoxy) is 3. The fourth-order valence-corrected chi connectivity index (χ4v) is 9.69. The third-order valence-corrected chi connectivity index (χ3v) is 14.5. The average molecular weight is 1040 g/mol. The van der Waals surface area contributed by atoms with Crippen LogP contribution in [0.5, 0.6) is 0 Å². The minimum Gasteiger partial charge on any atom is -0.466 e. The van der Waals surface area contributed by atoms with Crippen molar-refractivity contribution in [1.29, 1.82) is 0 Å². The first-order chi connectivity index (χ1) is 36.0. The summed E-state index contributed by atoms with van der Waals surface area (Å²) >= 11 is 0. The molecule has 0 heterocycles. The number of unbranched alkanes of at least 4 members (excludes halogenated alkanes) is 36. The van der Waals surface area contributed by atoms with Gasteiger partial charge in [-0.1, -0.05) is 252 Å². The van der Waals surface area contributed by atoms with Crippen LogP contribution in [0.15, 0.2) is 0 Å². The summed E-state index contributed by atoms with van der Waals surface area (Å²) in [5, 5.41) is 10.5. The standard InChI is InChI=1S/C63H126N4O6/c1-4-7-10-13-16-19-22-25-28-31-34-37-40-58-71-61(68)46-43-49-64-50-51-65-52-53-66-54-57-67(55-44-47-62(69)72-59-41-38-35-32-29-26-23-20-17-14-11-8-5-2)56-45-48-63(70)73-60-42-39-36-33-30-27-24-21-18-15-12-9-6-3/h64-66H,4-60H2,1-3H3. The van der Waals surface area contributed by atoms with Gasteiger partial charge in [0.1, 0.15) is 0 Å². The number of rotatable bonds is 63. The van der Waals surface area contributed by atoms with Gasteiger partial charge in [-0.25, -0.2) is 0 Å². The third-order valence-electron chi connectivity index (χ3n) is 14.5. The number of hydrogen-bond acceptors (Lipinski definition) is 10. The number of esters is 3. The molecule has 0 aliphatic carbocycles. The van der Waals surface area contributed by atoms with Crippen LogP contribution in [0.1, 0.15) is 310 Å².